The van der Waals surface area contributed by atoms with Gasteiger partial charge in [0, 0.05) is 26.8 Å². The van der Waals surface area contributed by atoms with E-state index in [2.05, 4.69) is 5.32 Å². The first kappa shape index (κ1) is 30.1. The van der Waals surface area contributed by atoms with Crippen LogP contribution in [-0.4, -0.2) is 69.3 Å². The molecule has 0 unspecified atom stereocenters. The lowest BCUT2D eigenvalue weighted by Gasteiger charge is -2.28. The zero-order valence-electron chi connectivity index (χ0n) is 22.2. The Balaban J connectivity index is 1.76. The molecule has 11 heteroatoms. The van der Waals surface area contributed by atoms with Crippen LogP contribution in [0.4, 0.5) is 10.5 Å². The van der Waals surface area contributed by atoms with Crippen molar-refractivity contribution in [1.29, 1.82) is 0 Å². The van der Waals surface area contributed by atoms with Gasteiger partial charge in [-0.3, -0.25) is 4.79 Å². The van der Waals surface area contributed by atoms with Gasteiger partial charge in [0.15, 0.2) is 11.5 Å². The third-order valence-electron chi connectivity index (χ3n) is 5.98. The Hall–Kier alpha value is -3.40. The van der Waals surface area contributed by atoms with Crippen LogP contribution in [0.3, 0.4) is 0 Å². The number of carbonyl (C=O) groups excluding carboxylic acids is 2. The molecule has 3 aromatic rings. The number of urea groups is 1. The molecule has 0 aliphatic heterocycles. The quantitative estimate of drug-likeness (QED) is 0.245. The lowest BCUT2D eigenvalue weighted by atomic mass is 10.1. The number of halogens is 2. The van der Waals surface area contributed by atoms with Gasteiger partial charge in [0.25, 0.3) is 0 Å². The van der Waals surface area contributed by atoms with E-state index >= 15 is 0 Å². The minimum absolute atomic E-state index is 0.162. The lowest BCUT2D eigenvalue weighted by molar-refractivity contribution is -0.132. The molecule has 0 atom stereocenters. The van der Waals surface area contributed by atoms with Gasteiger partial charge in [-0.25, -0.2) is 4.79 Å². The molecule has 39 heavy (non-hydrogen) atoms. The highest BCUT2D eigenvalue weighted by Crippen LogP contribution is 2.30. The number of rotatable bonds is 14. The predicted octanol–water partition coefficient (Wildman–Crippen LogP) is 5.75. The van der Waals surface area contributed by atoms with E-state index in [1.165, 1.54) is 4.90 Å². The Bertz CT molecular complexity index is 1200. The molecule has 0 fully saturated rings. The van der Waals surface area contributed by atoms with E-state index in [0.717, 1.165) is 5.56 Å². The number of anilines is 1. The summed E-state index contributed by atoms with van der Waals surface area (Å²) in [7, 11) is 4.74. The summed E-state index contributed by atoms with van der Waals surface area (Å²) in [5.74, 6) is 1.62. The Morgan fingerprint density at radius 2 is 1.67 bits per heavy atom. The van der Waals surface area contributed by atoms with Gasteiger partial charge in [0.2, 0.25) is 5.91 Å². The van der Waals surface area contributed by atoms with Crippen molar-refractivity contribution in [2.75, 3.05) is 52.9 Å². The number of hydrogen-bond donors (Lipinski definition) is 1. The third kappa shape index (κ3) is 8.81. The molecule has 1 aromatic heterocycles. The molecule has 0 saturated heterocycles. The Morgan fingerprint density at radius 1 is 0.923 bits per heavy atom. The van der Waals surface area contributed by atoms with Crippen LogP contribution in [0.5, 0.6) is 11.5 Å². The molecule has 0 aliphatic carbocycles. The van der Waals surface area contributed by atoms with Crippen LogP contribution in [0.2, 0.25) is 10.0 Å². The van der Waals surface area contributed by atoms with Gasteiger partial charge in [0.05, 0.1) is 42.8 Å². The van der Waals surface area contributed by atoms with Crippen LogP contribution in [0, 0.1) is 0 Å². The van der Waals surface area contributed by atoms with E-state index < -0.39 is 6.03 Å². The lowest BCUT2D eigenvalue weighted by Crippen LogP contribution is -2.45. The number of methoxy groups -OCH3 is 3. The first-order chi connectivity index (χ1) is 18.9. The molecule has 1 N–H and O–H groups in total. The standard InChI is InChI=1S/C28H33Cl2N3O6/c1-36-15-6-13-33(28(35)31-27-22(29)8-4-9-23(27)30)19-26(34)32(18-21-7-5-16-39-21)14-12-20-10-11-24(37-2)25(17-20)38-3/h4-5,7-11,16-17H,6,12-15,18-19H2,1-3H3,(H,31,35). The smallest absolute Gasteiger partial charge is 0.322 e. The van der Waals surface area contributed by atoms with Crippen LogP contribution >= 0.6 is 23.2 Å². The number of hydrogen-bond acceptors (Lipinski definition) is 6. The minimum atomic E-state index is -0.493. The molecule has 2 aromatic carbocycles. The zero-order valence-corrected chi connectivity index (χ0v) is 23.8. The molecule has 0 aliphatic rings. The highest BCUT2D eigenvalue weighted by atomic mass is 35.5. The average molecular weight is 578 g/mol. The van der Waals surface area contributed by atoms with Gasteiger partial charge in [-0.05, 0) is 54.8 Å². The zero-order chi connectivity index (χ0) is 28.2. The molecule has 1 heterocycles. The second-order valence-corrected chi connectivity index (χ2v) is 9.44. The number of nitrogens with zero attached hydrogens (tertiary/aromatic N) is 2. The van der Waals surface area contributed by atoms with Crippen molar-refractivity contribution >= 4 is 40.8 Å². The number of benzene rings is 2. The van der Waals surface area contributed by atoms with E-state index in [-0.39, 0.29) is 31.2 Å². The Kier molecular flexibility index (Phi) is 11.8. The monoisotopic (exact) mass is 577 g/mol. The predicted molar refractivity (Wildman–Crippen MR) is 151 cm³/mol. The molecule has 3 rings (SSSR count). The highest BCUT2D eigenvalue weighted by Gasteiger charge is 2.23. The SMILES string of the molecule is COCCCN(CC(=O)N(CCc1ccc(OC)c(OC)c1)Cc1ccco1)C(=O)Nc1c(Cl)cccc1Cl. The molecule has 0 radical (unpaired) electrons. The maximum Gasteiger partial charge on any atom is 0.322 e. The summed E-state index contributed by atoms with van der Waals surface area (Å²) in [6.45, 7) is 1.20. The number of nitrogens with one attached hydrogen (secondary N) is 1. The van der Waals surface area contributed by atoms with E-state index in [1.807, 2.05) is 18.2 Å². The van der Waals surface area contributed by atoms with Gasteiger partial charge in [0.1, 0.15) is 12.3 Å². The second-order valence-electron chi connectivity index (χ2n) is 8.63. The Labute approximate surface area is 238 Å². The van der Waals surface area contributed by atoms with Crippen molar-refractivity contribution < 1.29 is 28.2 Å². The van der Waals surface area contributed by atoms with Crippen molar-refractivity contribution in [1.82, 2.24) is 9.80 Å². The van der Waals surface area contributed by atoms with Crippen LogP contribution in [0.25, 0.3) is 0 Å². The minimum Gasteiger partial charge on any atom is -0.493 e. The second kappa shape index (κ2) is 15.3. The van der Waals surface area contributed by atoms with Crippen molar-refractivity contribution in [2.45, 2.75) is 19.4 Å². The van der Waals surface area contributed by atoms with E-state index in [4.69, 9.17) is 41.8 Å². The van der Waals surface area contributed by atoms with Crippen molar-refractivity contribution in [3.05, 3.63) is 76.2 Å². The van der Waals surface area contributed by atoms with Gasteiger partial charge in [-0.1, -0.05) is 35.3 Å². The summed E-state index contributed by atoms with van der Waals surface area (Å²) < 4.78 is 21.4. The normalized spacial score (nSPS) is 10.7. The van der Waals surface area contributed by atoms with E-state index in [0.29, 0.717) is 53.3 Å². The first-order valence-corrected chi connectivity index (χ1v) is 13.1. The summed E-state index contributed by atoms with van der Waals surface area (Å²) in [5.41, 5.74) is 1.25. The fourth-order valence-corrected chi connectivity index (χ4v) is 4.39. The van der Waals surface area contributed by atoms with Crippen molar-refractivity contribution in [3.8, 4) is 11.5 Å². The summed E-state index contributed by atoms with van der Waals surface area (Å²) in [6, 6.07) is 13.7. The maximum atomic E-state index is 13.6. The largest absolute Gasteiger partial charge is 0.493 e. The van der Waals surface area contributed by atoms with Crippen LogP contribution in [-0.2, 0) is 22.5 Å². The first-order valence-electron chi connectivity index (χ1n) is 12.4. The molecule has 0 saturated carbocycles. The Morgan fingerprint density at radius 3 is 2.31 bits per heavy atom. The fourth-order valence-electron chi connectivity index (χ4n) is 3.90. The topological polar surface area (TPSA) is 93.5 Å². The van der Waals surface area contributed by atoms with Gasteiger partial charge in [-0.15, -0.1) is 0 Å². The summed E-state index contributed by atoms with van der Waals surface area (Å²) in [5, 5.41) is 3.34. The van der Waals surface area contributed by atoms with Crippen LogP contribution < -0.4 is 14.8 Å². The molecule has 0 bridgehead atoms. The van der Waals surface area contributed by atoms with Crippen molar-refractivity contribution in [3.63, 3.8) is 0 Å². The molecule has 0 spiro atoms. The molecular weight excluding hydrogens is 545 g/mol. The van der Waals surface area contributed by atoms with Gasteiger partial charge < -0.3 is 33.7 Å². The van der Waals surface area contributed by atoms with Crippen molar-refractivity contribution in [2.24, 2.45) is 0 Å². The number of amides is 3. The van der Waals surface area contributed by atoms with E-state index in [9.17, 15) is 9.59 Å². The number of carbonyl (C=O) groups is 2. The fraction of sp³-hybridized carbons (Fsp3) is 0.357. The summed E-state index contributed by atoms with van der Waals surface area (Å²) in [4.78, 5) is 29.9. The molecule has 3 amide bonds. The number of furan rings is 1. The van der Waals surface area contributed by atoms with Gasteiger partial charge in [-0.2, -0.15) is 0 Å². The molecule has 9 nitrogen and oxygen atoms in total. The summed E-state index contributed by atoms with van der Waals surface area (Å²) in [6.07, 6.45) is 2.65. The van der Waals surface area contributed by atoms with Crippen LogP contribution in [0.15, 0.2) is 59.2 Å². The molecule has 210 valence electrons. The highest BCUT2D eigenvalue weighted by molar-refractivity contribution is 6.39. The number of para-hydroxylation sites is 1. The molecular formula is C28H33Cl2N3O6. The van der Waals surface area contributed by atoms with E-state index in [1.54, 1.807) is 62.8 Å². The average Bonchev–Trinajstić information content (AvgIpc) is 3.45. The van der Waals surface area contributed by atoms with Crippen LogP contribution in [0.1, 0.15) is 17.7 Å². The third-order valence-corrected chi connectivity index (χ3v) is 6.61. The summed E-state index contributed by atoms with van der Waals surface area (Å²) >= 11 is 12.5. The maximum absolute atomic E-state index is 13.6. The van der Waals surface area contributed by atoms with Gasteiger partial charge >= 0.3 is 6.03 Å². The number of ether oxygens (including phenoxy) is 3.